The van der Waals surface area contributed by atoms with Crippen LogP contribution in [-0.2, 0) is 10.2 Å². The summed E-state index contributed by atoms with van der Waals surface area (Å²) < 4.78 is 5.74. The molecule has 1 fully saturated rings. The number of amides is 1. The lowest BCUT2D eigenvalue weighted by atomic mass is 9.87. The lowest BCUT2D eigenvalue weighted by Crippen LogP contribution is -2.46. The minimum Gasteiger partial charge on any atom is -0.491 e. The monoisotopic (exact) mass is 320 g/mol. The molecule has 3 atom stereocenters. The molecule has 5 nitrogen and oxygen atoms in total. The summed E-state index contributed by atoms with van der Waals surface area (Å²) in [7, 11) is 0. The standard InChI is InChI=1S/C18H28N2O3/c1-12(20-17(22)16-9-14(21)10-19-16)11-23-15-7-5-13(6-8-15)18(2,3)4/h5-8,12,14,16,19,21H,9-11H2,1-4H3,(H,20,22). The van der Waals surface area contributed by atoms with Crippen LogP contribution in [0, 0.1) is 0 Å². The van der Waals surface area contributed by atoms with Crippen molar-refractivity contribution in [1.29, 1.82) is 0 Å². The molecule has 0 aromatic heterocycles. The van der Waals surface area contributed by atoms with Gasteiger partial charge >= 0.3 is 0 Å². The van der Waals surface area contributed by atoms with Crippen molar-refractivity contribution in [3.8, 4) is 5.75 Å². The van der Waals surface area contributed by atoms with Crippen LogP contribution in [-0.4, -0.2) is 42.4 Å². The molecule has 3 N–H and O–H groups in total. The largest absolute Gasteiger partial charge is 0.491 e. The molecular formula is C18H28N2O3. The van der Waals surface area contributed by atoms with Crippen LogP contribution in [0.15, 0.2) is 24.3 Å². The first-order valence-electron chi connectivity index (χ1n) is 8.21. The zero-order valence-electron chi connectivity index (χ0n) is 14.4. The number of rotatable bonds is 5. The van der Waals surface area contributed by atoms with E-state index in [-0.39, 0.29) is 23.4 Å². The maximum absolute atomic E-state index is 12.0. The number of carbonyl (C=O) groups excluding carboxylic acids is 1. The number of carbonyl (C=O) groups is 1. The molecule has 1 amide bonds. The highest BCUT2D eigenvalue weighted by Crippen LogP contribution is 2.24. The van der Waals surface area contributed by atoms with E-state index in [9.17, 15) is 9.90 Å². The number of β-amino-alcohol motifs (C(OH)–C–C–N with tert-alkyl or cyclic N) is 1. The fourth-order valence-corrected chi connectivity index (χ4v) is 2.57. The van der Waals surface area contributed by atoms with Gasteiger partial charge < -0.3 is 20.5 Å². The summed E-state index contributed by atoms with van der Waals surface area (Å²) in [5.74, 6) is 0.717. The normalized spacial score (nSPS) is 22.7. The molecule has 0 aliphatic carbocycles. The molecule has 2 rings (SSSR count). The predicted molar refractivity (Wildman–Crippen MR) is 90.7 cm³/mol. The van der Waals surface area contributed by atoms with Crippen LogP contribution in [0.25, 0.3) is 0 Å². The molecule has 0 radical (unpaired) electrons. The van der Waals surface area contributed by atoms with E-state index in [1.54, 1.807) is 0 Å². The lowest BCUT2D eigenvalue weighted by Gasteiger charge is -2.20. The second-order valence-corrected chi connectivity index (χ2v) is 7.35. The third-order valence-electron chi connectivity index (χ3n) is 4.03. The van der Waals surface area contributed by atoms with E-state index in [2.05, 4.69) is 43.5 Å². The Bertz CT molecular complexity index is 522. The Balaban J connectivity index is 1.78. The quantitative estimate of drug-likeness (QED) is 0.770. The van der Waals surface area contributed by atoms with Crippen LogP contribution in [0.1, 0.15) is 39.7 Å². The Morgan fingerprint density at radius 3 is 2.57 bits per heavy atom. The molecule has 1 aliphatic rings. The molecule has 0 bridgehead atoms. The van der Waals surface area contributed by atoms with Crippen molar-refractivity contribution in [2.24, 2.45) is 0 Å². The summed E-state index contributed by atoms with van der Waals surface area (Å²) in [4.78, 5) is 12.0. The summed E-state index contributed by atoms with van der Waals surface area (Å²) >= 11 is 0. The lowest BCUT2D eigenvalue weighted by molar-refractivity contribution is -0.123. The summed E-state index contributed by atoms with van der Waals surface area (Å²) in [6.45, 7) is 9.32. The molecule has 0 saturated carbocycles. The van der Waals surface area contributed by atoms with Crippen molar-refractivity contribution >= 4 is 5.91 Å². The second kappa shape index (κ2) is 7.32. The minimum absolute atomic E-state index is 0.0827. The fraction of sp³-hybridized carbons (Fsp3) is 0.611. The molecule has 23 heavy (non-hydrogen) atoms. The molecule has 1 heterocycles. The topological polar surface area (TPSA) is 70.6 Å². The summed E-state index contributed by atoms with van der Waals surface area (Å²) in [6, 6.07) is 7.67. The number of ether oxygens (including phenoxy) is 1. The predicted octanol–water partition coefficient (Wildman–Crippen LogP) is 1.59. The highest BCUT2D eigenvalue weighted by molar-refractivity contribution is 5.82. The van der Waals surface area contributed by atoms with Crippen LogP contribution >= 0.6 is 0 Å². The van der Waals surface area contributed by atoms with Crippen molar-refractivity contribution in [2.75, 3.05) is 13.2 Å². The van der Waals surface area contributed by atoms with E-state index < -0.39 is 6.10 Å². The van der Waals surface area contributed by atoms with Gasteiger partial charge in [-0.15, -0.1) is 0 Å². The Morgan fingerprint density at radius 2 is 2.04 bits per heavy atom. The van der Waals surface area contributed by atoms with E-state index >= 15 is 0 Å². The molecular weight excluding hydrogens is 292 g/mol. The zero-order valence-corrected chi connectivity index (χ0v) is 14.4. The number of hydrogen-bond donors (Lipinski definition) is 3. The van der Waals surface area contributed by atoms with Crippen molar-refractivity contribution in [2.45, 2.75) is 57.7 Å². The number of aliphatic hydroxyl groups excluding tert-OH is 1. The van der Waals surface area contributed by atoms with E-state index in [1.165, 1.54) is 5.56 Å². The molecule has 3 unspecified atom stereocenters. The SMILES string of the molecule is CC(COc1ccc(C(C)(C)C)cc1)NC(=O)C1CC(O)CN1. The third kappa shape index (κ3) is 5.22. The summed E-state index contributed by atoms with van der Waals surface area (Å²) in [6.07, 6.45) is 0.0341. The van der Waals surface area contributed by atoms with E-state index in [4.69, 9.17) is 4.74 Å². The first kappa shape index (κ1) is 17.8. The van der Waals surface area contributed by atoms with Gasteiger partial charge in [0.15, 0.2) is 0 Å². The zero-order chi connectivity index (χ0) is 17.0. The van der Waals surface area contributed by atoms with Gasteiger partial charge in [0.1, 0.15) is 12.4 Å². The second-order valence-electron chi connectivity index (χ2n) is 7.35. The molecule has 1 aromatic carbocycles. The highest BCUT2D eigenvalue weighted by Gasteiger charge is 2.28. The first-order valence-corrected chi connectivity index (χ1v) is 8.21. The van der Waals surface area contributed by atoms with Crippen LogP contribution in [0.2, 0.25) is 0 Å². The Hall–Kier alpha value is -1.59. The van der Waals surface area contributed by atoms with Gasteiger partial charge in [0.25, 0.3) is 0 Å². The number of benzene rings is 1. The maximum atomic E-state index is 12.0. The van der Waals surface area contributed by atoms with E-state index in [1.807, 2.05) is 19.1 Å². The molecule has 128 valence electrons. The van der Waals surface area contributed by atoms with Crippen molar-refractivity contribution in [1.82, 2.24) is 10.6 Å². The van der Waals surface area contributed by atoms with E-state index in [0.717, 1.165) is 5.75 Å². The average molecular weight is 320 g/mol. The fourth-order valence-electron chi connectivity index (χ4n) is 2.57. The van der Waals surface area contributed by atoms with E-state index in [0.29, 0.717) is 19.6 Å². The minimum atomic E-state index is -0.432. The Labute approximate surface area is 138 Å². The van der Waals surface area contributed by atoms with Gasteiger partial charge in [-0.2, -0.15) is 0 Å². The molecule has 1 aromatic rings. The van der Waals surface area contributed by atoms with Crippen LogP contribution in [0.5, 0.6) is 5.75 Å². The average Bonchev–Trinajstić information content (AvgIpc) is 2.91. The van der Waals surface area contributed by atoms with Crippen molar-refractivity contribution in [3.05, 3.63) is 29.8 Å². The van der Waals surface area contributed by atoms with Gasteiger partial charge in [-0.3, -0.25) is 4.79 Å². The van der Waals surface area contributed by atoms with Gasteiger partial charge in [0, 0.05) is 6.54 Å². The molecule has 5 heteroatoms. The number of nitrogens with one attached hydrogen (secondary N) is 2. The number of aliphatic hydroxyl groups is 1. The molecule has 1 saturated heterocycles. The van der Waals surface area contributed by atoms with Crippen molar-refractivity contribution < 1.29 is 14.6 Å². The maximum Gasteiger partial charge on any atom is 0.237 e. The highest BCUT2D eigenvalue weighted by atomic mass is 16.5. The van der Waals surface area contributed by atoms with Crippen molar-refractivity contribution in [3.63, 3.8) is 0 Å². The number of hydrogen-bond acceptors (Lipinski definition) is 4. The third-order valence-corrected chi connectivity index (χ3v) is 4.03. The van der Waals surface area contributed by atoms with Crippen LogP contribution < -0.4 is 15.4 Å². The Morgan fingerprint density at radius 1 is 1.39 bits per heavy atom. The molecule has 0 spiro atoms. The van der Waals surface area contributed by atoms with Gasteiger partial charge in [0.05, 0.1) is 18.2 Å². The summed E-state index contributed by atoms with van der Waals surface area (Å²) in [5, 5.41) is 15.4. The molecule has 1 aliphatic heterocycles. The smallest absolute Gasteiger partial charge is 0.237 e. The first-order chi connectivity index (χ1) is 10.8. The summed E-state index contributed by atoms with van der Waals surface area (Å²) in [5.41, 5.74) is 1.38. The van der Waals surface area contributed by atoms with Gasteiger partial charge in [-0.1, -0.05) is 32.9 Å². The Kier molecular flexibility index (Phi) is 5.65. The van der Waals surface area contributed by atoms with Crippen LogP contribution in [0.3, 0.4) is 0 Å². The van der Waals surface area contributed by atoms with Gasteiger partial charge in [0.2, 0.25) is 5.91 Å². The van der Waals surface area contributed by atoms with Gasteiger partial charge in [-0.25, -0.2) is 0 Å². The van der Waals surface area contributed by atoms with Gasteiger partial charge in [-0.05, 0) is 36.5 Å². The van der Waals surface area contributed by atoms with Crippen LogP contribution in [0.4, 0.5) is 0 Å².